The SMILES string of the molecule is CC=CCCCCC(C)(C)CC(C)C. The lowest BCUT2D eigenvalue weighted by molar-refractivity contribution is 0.257. The molecule has 14 heavy (non-hydrogen) atoms. The van der Waals surface area contributed by atoms with Crippen molar-refractivity contribution in [2.24, 2.45) is 11.3 Å². The third-order valence-electron chi connectivity index (χ3n) is 2.67. The summed E-state index contributed by atoms with van der Waals surface area (Å²) in [6.07, 6.45) is 11.2. The molecule has 0 N–H and O–H groups in total. The van der Waals surface area contributed by atoms with Crippen LogP contribution in [0.3, 0.4) is 0 Å². The van der Waals surface area contributed by atoms with Crippen LogP contribution in [-0.2, 0) is 0 Å². The summed E-state index contributed by atoms with van der Waals surface area (Å²) in [7, 11) is 0. The number of hydrogen-bond donors (Lipinski definition) is 0. The van der Waals surface area contributed by atoms with Gasteiger partial charge in [0.2, 0.25) is 0 Å². The largest absolute Gasteiger partial charge is 0.0917 e. The van der Waals surface area contributed by atoms with Gasteiger partial charge >= 0.3 is 0 Å². The molecule has 0 heterocycles. The molecular formula is C14H28. The van der Waals surface area contributed by atoms with Crippen LogP contribution < -0.4 is 0 Å². The van der Waals surface area contributed by atoms with Crippen LogP contribution in [0, 0.1) is 11.3 Å². The molecule has 0 aliphatic heterocycles. The summed E-state index contributed by atoms with van der Waals surface area (Å²) >= 11 is 0. The second kappa shape index (κ2) is 7.09. The second-order valence-electron chi connectivity index (χ2n) is 5.58. The maximum absolute atomic E-state index is 2.41. The van der Waals surface area contributed by atoms with Crippen LogP contribution in [0.2, 0.25) is 0 Å². The van der Waals surface area contributed by atoms with Crippen molar-refractivity contribution in [3.05, 3.63) is 12.2 Å². The number of rotatable bonds is 7. The molecule has 0 fully saturated rings. The van der Waals surface area contributed by atoms with Gasteiger partial charge in [-0.25, -0.2) is 0 Å². The Kier molecular flexibility index (Phi) is 6.96. The first-order chi connectivity index (χ1) is 6.48. The summed E-state index contributed by atoms with van der Waals surface area (Å²) < 4.78 is 0. The van der Waals surface area contributed by atoms with Crippen molar-refractivity contribution < 1.29 is 0 Å². The number of unbranched alkanes of at least 4 members (excludes halogenated alkanes) is 2. The van der Waals surface area contributed by atoms with Crippen LogP contribution in [0.1, 0.15) is 66.7 Å². The van der Waals surface area contributed by atoms with E-state index in [0.29, 0.717) is 5.41 Å². The van der Waals surface area contributed by atoms with Gasteiger partial charge in [0.15, 0.2) is 0 Å². The van der Waals surface area contributed by atoms with Crippen molar-refractivity contribution in [1.82, 2.24) is 0 Å². The molecule has 0 saturated heterocycles. The molecule has 0 aliphatic carbocycles. The highest BCUT2D eigenvalue weighted by Crippen LogP contribution is 2.31. The van der Waals surface area contributed by atoms with Gasteiger partial charge in [-0.05, 0) is 43.9 Å². The molecule has 0 aromatic rings. The minimum Gasteiger partial charge on any atom is -0.0917 e. The molecular weight excluding hydrogens is 168 g/mol. The highest BCUT2D eigenvalue weighted by atomic mass is 14.2. The molecule has 0 unspecified atom stereocenters. The topological polar surface area (TPSA) is 0 Å². The average molecular weight is 196 g/mol. The van der Waals surface area contributed by atoms with E-state index >= 15 is 0 Å². The van der Waals surface area contributed by atoms with Crippen LogP contribution in [0.5, 0.6) is 0 Å². The Morgan fingerprint density at radius 3 is 2.29 bits per heavy atom. The second-order valence-corrected chi connectivity index (χ2v) is 5.58. The van der Waals surface area contributed by atoms with Gasteiger partial charge in [0, 0.05) is 0 Å². The monoisotopic (exact) mass is 196 g/mol. The van der Waals surface area contributed by atoms with Gasteiger partial charge in [-0.3, -0.25) is 0 Å². The first-order valence-electron chi connectivity index (χ1n) is 6.09. The van der Waals surface area contributed by atoms with E-state index in [1.54, 1.807) is 0 Å². The van der Waals surface area contributed by atoms with Crippen molar-refractivity contribution in [3.63, 3.8) is 0 Å². The Balaban J connectivity index is 3.55. The van der Waals surface area contributed by atoms with Gasteiger partial charge in [-0.1, -0.05) is 46.3 Å². The Hall–Kier alpha value is -0.260. The maximum Gasteiger partial charge on any atom is -0.0351 e. The quantitative estimate of drug-likeness (QED) is 0.388. The molecule has 0 aromatic heterocycles. The summed E-state index contributed by atoms with van der Waals surface area (Å²) in [5.74, 6) is 0.834. The lowest BCUT2D eigenvalue weighted by Crippen LogP contribution is -2.14. The minimum atomic E-state index is 0.546. The molecule has 0 bridgehead atoms. The summed E-state index contributed by atoms with van der Waals surface area (Å²) in [4.78, 5) is 0. The predicted molar refractivity (Wildman–Crippen MR) is 66.5 cm³/mol. The van der Waals surface area contributed by atoms with Crippen LogP contribution in [-0.4, -0.2) is 0 Å². The lowest BCUT2D eigenvalue weighted by atomic mass is 9.80. The van der Waals surface area contributed by atoms with Crippen LogP contribution >= 0.6 is 0 Å². The van der Waals surface area contributed by atoms with Crippen molar-refractivity contribution in [2.75, 3.05) is 0 Å². The molecule has 0 heteroatoms. The van der Waals surface area contributed by atoms with E-state index in [-0.39, 0.29) is 0 Å². The number of allylic oxidation sites excluding steroid dienone is 2. The summed E-state index contributed by atoms with van der Waals surface area (Å²) in [6, 6.07) is 0. The van der Waals surface area contributed by atoms with Gasteiger partial charge in [-0.2, -0.15) is 0 Å². The van der Waals surface area contributed by atoms with E-state index in [9.17, 15) is 0 Å². The van der Waals surface area contributed by atoms with Gasteiger partial charge in [0.1, 0.15) is 0 Å². The lowest BCUT2D eigenvalue weighted by Gasteiger charge is -2.26. The zero-order valence-corrected chi connectivity index (χ0v) is 10.8. The summed E-state index contributed by atoms with van der Waals surface area (Å²) in [5, 5.41) is 0. The molecule has 0 amide bonds. The highest BCUT2D eigenvalue weighted by Gasteiger charge is 2.18. The molecule has 84 valence electrons. The fourth-order valence-electron chi connectivity index (χ4n) is 2.24. The molecule has 0 spiro atoms. The van der Waals surface area contributed by atoms with Crippen molar-refractivity contribution in [2.45, 2.75) is 66.7 Å². The normalized spacial score (nSPS) is 13.0. The van der Waals surface area contributed by atoms with Gasteiger partial charge in [-0.15, -0.1) is 0 Å². The average Bonchev–Trinajstić information content (AvgIpc) is 2.01. The van der Waals surface area contributed by atoms with Gasteiger partial charge in [0.05, 0.1) is 0 Å². The van der Waals surface area contributed by atoms with E-state index < -0.39 is 0 Å². The first-order valence-corrected chi connectivity index (χ1v) is 6.09. The third kappa shape index (κ3) is 8.34. The fourth-order valence-corrected chi connectivity index (χ4v) is 2.24. The zero-order valence-electron chi connectivity index (χ0n) is 10.8. The minimum absolute atomic E-state index is 0.546. The Labute approximate surface area is 90.8 Å². The van der Waals surface area contributed by atoms with Gasteiger partial charge in [0.25, 0.3) is 0 Å². The Bertz CT molecular complexity index is 151. The highest BCUT2D eigenvalue weighted by molar-refractivity contribution is 4.77. The van der Waals surface area contributed by atoms with Crippen molar-refractivity contribution in [3.8, 4) is 0 Å². The molecule has 0 aromatic carbocycles. The van der Waals surface area contributed by atoms with E-state index in [2.05, 4.69) is 46.8 Å². The first kappa shape index (κ1) is 13.7. The van der Waals surface area contributed by atoms with Crippen molar-refractivity contribution >= 4 is 0 Å². The molecule has 0 aliphatic rings. The molecule has 0 radical (unpaired) electrons. The van der Waals surface area contributed by atoms with E-state index in [1.807, 2.05) is 0 Å². The van der Waals surface area contributed by atoms with Crippen LogP contribution in [0.25, 0.3) is 0 Å². The van der Waals surface area contributed by atoms with Gasteiger partial charge < -0.3 is 0 Å². The van der Waals surface area contributed by atoms with E-state index in [4.69, 9.17) is 0 Å². The Morgan fingerprint density at radius 1 is 1.14 bits per heavy atom. The zero-order chi connectivity index (χ0) is 11.0. The molecule has 0 atom stereocenters. The predicted octanol–water partition coefficient (Wildman–Crippen LogP) is 5.20. The molecule has 0 rings (SSSR count). The summed E-state index contributed by atoms with van der Waals surface area (Å²) in [6.45, 7) is 11.6. The fraction of sp³-hybridized carbons (Fsp3) is 0.857. The standard InChI is InChI=1S/C14H28/c1-6-7-8-9-10-11-14(4,5)12-13(2)3/h6-7,13H,8-12H2,1-5H3. The van der Waals surface area contributed by atoms with Crippen molar-refractivity contribution in [1.29, 1.82) is 0 Å². The van der Waals surface area contributed by atoms with E-state index in [1.165, 1.54) is 32.1 Å². The summed E-state index contributed by atoms with van der Waals surface area (Å²) in [5.41, 5.74) is 0.546. The third-order valence-corrected chi connectivity index (χ3v) is 2.67. The number of hydrogen-bond acceptors (Lipinski definition) is 0. The molecule has 0 saturated carbocycles. The van der Waals surface area contributed by atoms with E-state index in [0.717, 1.165) is 5.92 Å². The Morgan fingerprint density at radius 2 is 1.79 bits per heavy atom. The van der Waals surface area contributed by atoms with Crippen LogP contribution in [0.4, 0.5) is 0 Å². The maximum atomic E-state index is 2.41. The van der Waals surface area contributed by atoms with Crippen LogP contribution in [0.15, 0.2) is 12.2 Å². The smallest absolute Gasteiger partial charge is 0.0351 e. The molecule has 0 nitrogen and oxygen atoms in total.